The summed E-state index contributed by atoms with van der Waals surface area (Å²) < 4.78 is 12.5. The van der Waals surface area contributed by atoms with Crippen molar-refractivity contribution in [1.82, 2.24) is 0 Å². The van der Waals surface area contributed by atoms with Gasteiger partial charge >= 0.3 is 5.97 Å². The largest absolute Gasteiger partial charge is 0.493 e. The third kappa shape index (κ3) is 4.79. The van der Waals surface area contributed by atoms with E-state index in [-0.39, 0.29) is 5.70 Å². The Morgan fingerprint density at radius 3 is 2.60 bits per heavy atom. The summed E-state index contributed by atoms with van der Waals surface area (Å²) in [4.78, 5) is 16.8. The molecule has 150 valence electrons. The lowest BCUT2D eigenvalue weighted by atomic mass is 10.1. The Morgan fingerprint density at radius 2 is 1.80 bits per heavy atom. The van der Waals surface area contributed by atoms with Gasteiger partial charge in [0.1, 0.15) is 5.75 Å². The number of para-hydroxylation sites is 1. The van der Waals surface area contributed by atoms with E-state index in [1.54, 1.807) is 6.08 Å². The van der Waals surface area contributed by atoms with Crippen molar-refractivity contribution in [1.29, 1.82) is 0 Å². The summed E-state index contributed by atoms with van der Waals surface area (Å²) in [5, 5.41) is 0. The smallest absolute Gasteiger partial charge is 0.363 e. The molecule has 0 saturated heterocycles. The summed E-state index contributed by atoms with van der Waals surface area (Å²) in [5.74, 6) is 0.580. The van der Waals surface area contributed by atoms with Crippen molar-refractivity contribution in [3.63, 3.8) is 0 Å². The van der Waals surface area contributed by atoms with Gasteiger partial charge in [-0.1, -0.05) is 48.5 Å². The van der Waals surface area contributed by atoms with Crippen molar-refractivity contribution >= 4 is 40.5 Å². The number of carbonyl (C=O) groups is 1. The lowest BCUT2D eigenvalue weighted by Gasteiger charge is -2.09. The lowest BCUT2D eigenvalue weighted by molar-refractivity contribution is -0.129. The first-order valence-electron chi connectivity index (χ1n) is 9.65. The zero-order valence-corrected chi connectivity index (χ0v) is 18.6. The maximum atomic E-state index is 12.4. The van der Waals surface area contributed by atoms with Gasteiger partial charge in [-0.2, -0.15) is 0 Å². The second-order valence-corrected chi connectivity index (χ2v) is 8.08. The van der Waals surface area contributed by atoms with Crippen LogP contribution < -0.4 is 4.74 Å². The number of nitrogens with zero attached hydrogens (tertiary/aromatic N) is 1. The van der Waals surface area contributed by atoms with E-state index in [4.69, 9.17) is 9.47 Å². The normalized spacial score (nSPS) is 14.5. The molecule has 0 saturated carbocycles. The molecular weight excluding hydrogens is 489 g/mol. The minimum atomic E-state index is -0.458. The van der Waals surface area contributed by atoms with Gasteiger partial charge in [-0.15, -0.1) is 0 Å². The Kier molecular flexibility index (Phi) is 6.28. The second-order valence-electron chi connectivity index (χ2n) is 6.92. The van der Waals surface area contributed by atoms with Crippen molar-refractivity contribution in [2.45, 2.75) is 13.3 Å². The van der Waals surface area contributed by atoms with Crippen LogP contribution in [0.2, 0.25) is 0 Å². The molecule has 0 amide bonds. The molecular formula is C25H20INO3. The number of aliphatic imine (C=N–C) groups is 1. The Bertz CT molecular complexity index is 1140. The molecule has 0 N–H and O–H groups in total. The minimum Gasteiger partial charge on any atom is -0.493 e. The topological polar surface area (TPSA) is 47.9 Å². The molecule has 0 radical (unpaired) electrons. The Balaban J connectivity index is 1.53. The fourth-order valence-corrected chi connectivity index (χ4v) is 3.45. The van der Waals surface area contributed by atoms with Crippen molar-refractivity contribution in [3.8, 4) is 5.75 Å². The Labute approximate surface area is 189 Å². The first-order valence-corrected chi connectivity index (χ1v) is 10.7. The number of carbonyl (C=O) groups excluding carboxylic acids is 1. The molecule has 1 aliphatic rings. The van der Waals surface area contributed by atoms with Crippen molar-refractivity contribution < 1.29 is 14.3 Å². The Hall–Kier alpha value is -2.93. The number of aryl methyl sites for hydroxylation is 1. The van der Waals surface area contributed by atoms with E-state index in [9.17, 15) is 4.79 Å². The fraction of sp³-hybridized carbons (Fsp3) is 0.120. The average Bonchev–Trinajstić information content (AvgIpc) is 3.12. The molecule has 0 bridgehead atoms. The SMILES string of the molecule is Cc1cc(C2=N/C(=C\c3ccccc3OCCc3ccccc3)C(=O)O2)ccc1I. The van der Waals surface area contributed by atoms with Gasteiger partial charge in [0.15, 0.2) is 5.70 Å². The molecule has 5 heteroatoms. The van der Waals surface area contributed by atoms with E-state index in [1.165, 1.54) is 5.56 Å². The van der Waals surface area contributed by atoms with Crippen LogP contribution in [0.5, 0.6) is 5.75 Å². The summed E-state index contributed by atoms with van der Waals surface area (Å²) in [6.07, 6.45) is 2.52. The minimum absolute atomic E-state index is 0.264. The standard InChI is InChI=1S/C25H20INO3/c1-17-15-20(11-12-21(17)26)24-27-22(25(28)30-24)16-19-9-5-6-10-23(19)29-14-13-18-7-3-2-4-8-18/h2-12,15-16H,13-14H2,1H3/b22-16-. The van der Waals surface area contributed by atoms with Gasteiger partial charge in [0.2, 0.25) is 5.90 Å². The lowest BCUT2D eigenvalue weighted by Crippen LogP contribution is -2.06. The fourth-order valence-electron chi connectivity index (χ4n) is 3.11. The highest BCUT2D eigenvalue weighted by molar-refractivity contribution is 14.1. The molecule has 0 aliphatic carbocycles. The molecule has 0 atom stereocenters. The predicted molar refractivity (Wildman–Crippen MR) is 127 cm³/mol. The third-order valence-corrected chi connectivity index (χ3v) is 5.94. The van der Waals surface area contributed by atoms with Crippen LogP contribution in [0, 0.1) is 10.5 Å². The van der Waals surface area contributed by atoms with Gasteiger partial charge in [-0.3, -0.25) is 0 Å². The van der Waals surface area contributed by atoms with Crippen LogP contribution in [0.4, 0.5) is 0 Å². The molecule has 4 rings (SSSR count). The predicted octanol–water partition coefficient (Wildman–Crippen LogP) is 5.57. The molecule has 3 aromatic rings. The van der Waals surface area contributed by atoms with E-state index in [1.807, 2.05) is 67.6 Å². The number of ether oxygens (including phenoxy) is 2. The molecule has 4 nitrogen and oxygen atoms in total. The third-order valence-electron chi connectivity index (χ3n) is 4.73. The number of esters is 1. The summed E-state index contributed by atoms with van der Waals surface area (Å²) in [6.45, 7) is 2.56. The number of hydrogen-bond donors (Lipinski definition) is 0. The summed E-state index contributed by atoms with van der Waals surface area (Å²) in [6, 6.07) is 23.7. The van der Waals surface area contributed by atoms with Crippen LogP contribution >= 0.6 is 22.6 Å². The zero-order chi connectivity index (χ0) is 20.9. The molecule has 0 fully saturated rings. The first kappa shape index (κ1) is 20.3. The van der Waals surface area contributed by atoms with Crippen molar-refractivity contribution in [3.05, 3.63) is 104 Å². The van der Waals surface area contributed by atoms with Gasteiger partial charge in [-0.25, -0.2) is 9.79 Å². The van der Waals surface area contributed by atoms with Crippen LogP contribution in [0.3, 0.4) is 0 Å². The maximum absolute atomic E-state index is 12.4. The van der Waals surface area contributed by atoms with Gasteiger partial charge in [-0.05, 0) is 71.0 Å². The highest BCUT2D eigenvalue weighted by Gasteiger charge is 2.24. The van der Waals surface area contributed by atoms with Crippen LogP contribution in [-0.2, 0) is 16.0 Å². The highest BCUT2D eigenvalue weighted by atomic mass is 127. The quantitative estimate of drug-likeness (QED) is 0.248. The van der Waals surface area contributed by atoms with Gasteiger partial charge < -0.3 is 9.47 Å². The van der Waals surface area contributed by atoms with Crippen LogP contribution in [0.25, 0.3) is 6.08 Å². The molecule has 30 heavy (non-hydrogen) atoms. The van der Waals surface area contributed by atoms with Crippen molar-refractivity contribution in [2.75, 3.05) is 6.61 Å². The van der Waals surface area contributed by atoms with E-state index in [2.05, 4.69) is 39.7 Å². The summed E-state index contributed by atoms with van der Waals surface area (Å²) >= 11 is 2.27. The van der Waals surface area contributed by atoms with E-state index in [0.29, 0.717) is 18.3 Å². The van der Waals surface area contributed by atoms with Gasteiger partial charge in [0.25, 0.3) is 0 Å². The first-order chi connectivity index (χ1) is 14.6. The van der Waals surface area contributed by atoms with E-state index in [0.717, 1.165) is 26.7 Å². The Morgan fingerprint density at radius 1 is 1.03 bits per heavy atom. The average molecular weight is 509 g/mol. The number of benzene rings is 3. The molecule has 0 spiro atoms. The van der Waals surface area contributed by atoms with E-state index >= 15 is 0 Å². The zero-order valence-electron chi connectivity index (χ0n) is 16.5. The summed E-state index contributed by atoms with van der Waals surface area (Å²) in [5.41, 5.74) is 4.18. The number of cyclic esters (lactones) is 1. The van der Waals surface area contributed by atoms with Gasteiger partial charge in [0.05, 0.1) is 6.61 Å². The monoisotopic (exact) mass is 509 g/mol. The van der Waals surface area contributed by atoms with Crippen LogP contribution in [0.1, 0.15) is 22.3 Å². The summed E-state index contributed by atoms with van der Waals surface area (Å²) in [7, 11) is 0. The number of halogens is 1. The number of rotatable bonds is 6. The number of hydrogen-bond acceptors (Lipinski definition) is 4. The van der Waals surface area contributed by atoms with Crippen molar-refractivity contribution in [2.24, 2.45) is 4.99 Å². The molecule has 1 aliphatic heterocycles. The maximum Gasteiger partial charge on any atom is 0.363 e. The molecule has 3 aromatic carbocycles. The molecule has 0 unspecified atom stereocenters. The highest BCUT2D eigenvalue weighted by Crippen LogP contribution is 2.25. The second kappa shape index (κ2) is 9.26. The van der Waals surface area contributed by atoms with Crippen LogP contribution in [0.15, 0.2) is 83.5 Å². The van der Waals surface area contributed by atoms with Gasteiger partial charge in [0, 0.05) is 21.1 Å². The van der Waals surface area contributed by atoms with Crippen LogP contribution in [-0.4, -0.2) is 18.5 Å². The van der Waals surface area contributed by atoms with E-state index < -0.39 is 5.97 Å². The molecule has 0 aromatic heterocycles. The molecule has 1 heterocycles.